The number of quaternary nitrogens is 1. The molecule has 1 amide bonds. The predicted octanol–water partition coefficient (Wildman–Crippen LogP) is 22.3. The van der Waals surface area contributed by atoms with E-state index in [4.69, 9.17) is 9.05 Å². The quantitative estimate of drug-likeness (QED) is 0.0243. The molecule has 0 bridgehead atoms. The van der Waals surface area contributed by atoms with Crippen molar-refractivity contribution in [3.05, 3.63) is 24.3 Å². The van der Waals surface area contributed by atoms with E-state index >= 15 is 0 Å². The molecule has 3 unspecified atom stereocenters. The molecule has 0 rings (SSSR count). The number of rotatable bonds is 66. The first-order valence-electron chi connectivity index (χ1n) is 35.2. The number of unbranched alkanes of at least 4 members (excludes halogenated alkanes) is 49. The summed E-state index contributed by atoms with van der Waals surface area (Å²) >= 11 is 0. The van der Waals surface area contributed by atoms with Gasteiger partial charge < -0.3 is 19.8 Å². The topological polar surface area (TPSA) is 105 Å². The van der Waals surface area contributed by atoms with Crippen LogP contribution < -0.4 is 5.32 Å². The van der Waals surface area contributed by atoms with Gasteiger partial charge in [0, 0.05) is 6.42 Å². The van der Waals surface area contributed by atoms with Crippen molar-refractivity contribution in [2.75, 3.05) is 40.9 Å². The minimum atomic E-state index is -4.33. The number of phosphoric ester groups is 1. The number of hydrogen-bond donors (Lipinski definition) is 3. The highest BCUT2D eigenvalue weighted by atomic mass is 31.2. The van der Waals surface area contributed by atoms with Crippen LogP contribution in [0.15, 0.2) is 24.3 Å². The van der Waals surface area contributed by atoms with Crippen molar-refractivity contribution in [2.24, 2.45) is 0 Å². The number of nitrogens with zero attached hydrogens (tertiary/aromatic N) is 1. The zero-order valence-corrected chi connectivity index (χ0v) is 54.8. The van der Waals surface area contributed by atoms with Gasteiger partial charge in [-0.2, -0.15) is 0 Å². The maximum atomic E-state index is 13.1. The lowest BCUT2D eigenvalue weighted by atomic mass is 10.0. The highest BCUT2D eigenvalue weighted by Gasteiger charge is 2.28. The fourth-order valence-corrected chi connectivity index (χ4v) is 11.7. The summed E-state index contributed by atoms with van der Waals surface area (Å²) in [6.45, 7) is 4.94. The molecule has 0 saturated carbocycles. The third kappa shape index (κ3) is 64.4. The Bertz CT molecular complexity index is 1340. The maximum Gasteiger partial charge on any atom is 0.472 e. The van der Waals surface area contributed by atoms with Crippen LogP contribution in [0.4, 0.5) is 0 Å². The smallest absolute Gasteiger partial charge is 0.391 e. The third-order valence-corrected chi connectivity index (χ3v) is 17.4. The largest absolute Gasteiger partial charge is 0.472 e. The number of carbonyl (C=O) groups excluding carboxylic acids is 1. The van der Waals surface area contributed by atoms with E-state index in [1.165, 1.54) is 295 Å². The summed E-state index contributed by atoms with van der Waals surface area (Å²) in [5.41, 5.74) is 0. The fraction of sp³-hybridized carbons (Fsp3) is 0.929. The van der Waals surface area contributed by atoms with Gasteiger partial charge in [-0.1, -0.05) is 340 Å². The van der Waals surface area contributed by atoms with Crippen LogP contribution in [0.1, 0.15) is 367 Å². The van der Waals surface area contributed by atoms with Gasteiger partial charge in [-0.25, -0.2) is 4.57 Å². The van der Waals surface area contributed by atoms with Gasteiger partial charge in [-0.15, -0.1) is 0 Å². The van der Waals surface area contributed by atoms with E-state index in [9.17, 15) is 19.4 Å². The lowest BCUT2D eigenvalue weighted by molar-refractivity contribution is -0.870. The summed E-state index contributed by atoms with van der Waals surface area (Å²) in [6.07, 6.45) is 79.9. The number of allylic oxidation sites excluding steroid dienone is 4. The Labute approximate surface area is 494 Å². The van der Waals surface area contributed by atoms with Crippen LogP contribution in [-0.2, 0) is 18.4 Å². The van der Waals surface area contributed by atoms with Crippen molar-refractivity contribution in [3.63, 3.8) is 0 Å². The van der Waals surface area contributed by atoms with E-state index < -0.39 is 20.0 Å². The minimum absolute atomic E-state index is 0.0773. The molecular formula is C70H140N2O6P+. The van der Waals surface area contributed by atoms with Crippen molar-refractivity contribution in [1.82, 2.24) is 5.32 Å². The molecule has 0 fully saturated rings. The van der Waals surface area contributed by atoms with Gasteiger partial charge in [0.1, 0.15) is 13.2 Å². The van der Waals surface area contributed by atoms with Gasteiger partial charge in [0.2, 0.25) is 5.91 Å². The number of hydrogen-bond acceptors (Lipinski definition) is 5. The minimum Gasteiger partial charge on any atom is -0.391 e. The molecule has 3 N–H and O–H groups in total. The highest BCUT2D eigenvalue weighted by Crippen LogP contribution is 2.43. The Morgan fingerprint density at radius 3 is 1.04 bits per heavy atom. The van der Waals surface area contributed by atoms with E-state index in [0.29, 0.717) is 23.9 Å². The molecular weight excluding hydrogens is 996 g/mol. The second kappa shape index (κ2) is 61.5. The zero-order valence-electron chi connectivity index (χ0n) is 53.9. The molecule has 0 heterocycles. The van der Waals surface area contributed by atoms with Gasteiger partial charge in [0.05, 0.1) is 39.9 Å². The molecule has 470 valence electrons. The number of phosphoric acid groups is 1. The summed E-state index contributed by atoms with van der Waals surface area (Å²) in [5, 5.41) is 14.2. The van der Waals surface area contributed by atoms with E-state index in [1.807, 2.05) is 21.1 Å². The SMILES string of the molecule is CCCCCCC/C=C\C/C=C\CCCCCCCCCCCCCCCCCCCC(=O)NC(COP(=O)(O)OCC[N+](C)(C)C)C(O)CCCCCCCCCCCCCCCCCCCCCCCCCCCCCC. The van der Waals surface area contributed by atoms with Crippen LogP contribution in [0, 0.1) is 0 Å². The van der Waals surface area contributed by atoms with Gasteiger partial charge in [0.25, 0.3) is 0 Å². The summed E-state index contributed by atoms with van der Waals surface area (Å²) in [4.78, 5) is 23.5. The monoisotopic (exact) mass is 1140 g/mol. The van der Waals surface area contributed by atoms with Crippen molar-refractivity contribution in [2.45, 2.75) is 379 Å². The van der Waals surface area contributed by atoms with Crippen molar-refractivity contribution in [1.29, 1.82) is 0 Å². The van der Waals surface area contributed by atoms with Crippen LogP contribution in [0.25, 0.3) is 0 Å². The molecule has 0 aromatic carbocycles. The highest BCUT2D eigenvalue weighted by molar-refractivity contribution is 7.47. The van der Waals surface area contributed by atoms with Crippen LogP contribution in [0.5, 0.6) is 0 Å². The lowest BCUT2D eigenvalue weighted by Gasteiger charge is -2.26. The predicted molar refractivity (Wildman–Crippen MR) is 346 cm³/mol. The first-order chi connectivity index (χ1) is 38.5. The Morgan fingerprint density at radius 2 is 0.722 bits per heavy atom. The maximum absolute atomic E-state index is 13.1. The molecule has 0 aromatic rings. The van der Waals surface area contributed by atoms with Gasteiger partial charge >= 0.3 is 7.82 Å². The van der Waals surface area contributed by atoms with Crippen LogP contribution in [0.2, 0.25) is 0 Å². The summed E-state index contributed by atoms with van der Waals surface area (Å²) in [5.74, 6) is -0.136. The molecule has 0 saturated heterocycles. The second-order valence-electron chi connectivity index (χ2n) is 25.6. The zero-order chi connectivity index (χ0) is 57.7. The lowest BCUT2D eigenvalue weighted by Crippen LogP contribution is -2.46. The number of aliphatic hydroxyl groups is 1. The number of amides is 1. The van der Waals surface area contributed by atoms with E-state index in [1.54, 1.807) is 0 Å². The molecule has 3 atom stereocenters. The Balaban J connectivity index is 4.01. The molecule has 9 heteroatoms. The number of likely N-dealkylation sites (N-methyl/N-ethyl adjacent to an activating group) is 1. The molecule has 0 radical (unpaired) electrons. The molecule has 0 aromatic heterocycles. The van der Waals surface area contributed by atoms with E-state index in [0.717, 1.165) is 44.9 Å². The first-order valence-corrected chi connectivity index (χ1v) is 36.7. The average molecular weight is 1140 g/mol. The van der Waals surface area contributed by atoms with Crippen LogP contribution >= 0.6 is 7.82 Å². The number of nitrogens with one attached hydrogen (secondary N) is 1. The van der Waals surface area contributed by atoms with Crippen molar-refractivity contribution < 1.29 is 32.9 Å². The molecule has 8 nitrogen and oxygen atoms in total. The Kier molecular flexibility index (Phi) is 60.7. The van der Waals surface area contributed by atoms with Crippen molar-refractivity contribution >= 4 is 13.7 Å². The van der Waals surface area contributed by atoms with Gasteiger partial charge in [0.15, 0.2) is 0 Å². The number of aliphatic hydroxyl groups excluding tert-OH is 1. The molecule has 0 aliphatic carbocycles. The summed E-state index contributed by atoms with van der Waals surface area (Å²) < 4.78 is 23.9. The summed E-state index contributed by atoms with van der Waals surface area (Å²) in [6, 6.07) is -0.760. The van der Waals surface area contributed by atoms with Crippen molar-refractivity contribution in [3.8, 4) is 0 Å². The average Bonchev–Trinajstić information content (AvgIpc) is 3.42. The Morgan fingerprint density at radius 1 is 0.430 bits per heavy atom. The van der Waals surface area contributed by atoms with Crippen LogP contribution in [0.3, 0.4) is 0 Å². The normalized spacial score (nSPS) is 13.8. The Hall–Kier alpha value is -1.02. The fourth-order valence-electron chi connectivity index (χ4n) is 11.0. The molecule has 0 aliphatic heterocycles. The molecule has 0 aliphatic rings. The molecule has 79 heavy (non-hydrogen) atoms. The van der Waals surface area contributed by atoms with Gasteiger partial charge in [-0.05, 0) is 44.9 Å². The van der Waals surface area contributed by atoms with Gasteiger partial charge in [-0.3, -0.25) is 13.8 Å². The van der Waals surface area contributed by atoms with E-state index in [2.05, 4.69) is 43.5 Å². The first kappa shape index (κ1) is 78.0. The van der Waals surface area contributed by atoms with Crippen LogP contribution in [-0.4, -0.2) is 73.4 Å². The standard InChI is InChI=1S/C70H139N2O6P/c1-6-8-10-12-14-16-18-20-22-24-26-28-30-32-34-36-38-40-42-44-46-48-50-52-54-56-58-60-62-64-70(74)71-68(67-78-79(75,76)77-66-65-72(3,4)5)69(73)63-61-59-57-55-53-51-49-47-45-43-41-39-37-35-33-31-29-27-25-23-21-19-17-15-13-11-9-7-2/h18,20,24,26,68-69,73H,6-17,19,21-23,25,27-67H2,1-5H3,(H-,71,74,75,76)/p+1/b20-18-,26-24-. The summed E-state index contributed by atoms with van der Waals surface area (Å²) in [7, 11) is 1.64. The second-order valence-corrected chi connectivity index (χ2v) is 27.1. The third-order valence-electron chi connectivity index (χ3n) is 16.5. The van der Waals surface area contributed by atoms with E-state index in [-0.39, 0.29) is 19.1 Å². The number of carbonyl (C=O) groups is 1. The molecule has 0 spiro atoms.